The number of ether oxygens (including phenoxy) is 1. The lowest BCUT2D eigenvalue weighted by Crippen LogP contribution is -2.40. The Hall–Kier alpha value is -3.31. The molecular formula is C25H26N4O. The van der Waals surface area contributed by atoms with Gasteiger partial charge in [0.25, 0.3) is 0 Å². The molecule has 2 atom stereocenters. The van der Waals surface area contributed by atoms with Gasteiger partial charge < -0.3 is 21.1 Å². The lowest BCUT2D eigenvalue weighted by molar-refractivity contribution is 0.305. The van der Waals surface area contributed by atoms with E-state index < -0.39 is 0 Å². The zero-order chi connectivity index (χ0) is 20.3. The topological polar surface area (TPSA) is 72.2 Å². The fraction of sp³-hybridized carbons (Fsp3) is 0.240. The number of hydrogen-bond donors (Lipinski definition) is 3. The summed E-state index contributed by atoms with van der Waals surface area (Å²) in [5.74, 6) is 2.14. The summed E-state index contributed by atoms with van der Waals surface area (Å²) in [6.45, 7) is 2.11. The third-order valence-corrected chi connectivity index (χ3v) is 5.98. The van der Waals surface area contributed by atoms with Crippen LogP contribution in [0.15, 0.2) is 73.1 Å². The lowest BCUT2D eigenvalue weighted by Gasteiger charge is -2.37. The number of nitrogens with two attached hydrogens (primary N) is 1. The minimum atomic E-state index is 0.221. The van der Waals surface area contributed by atoms with E-state index in [4.69, 9.17) is 10.5 Å². The smallest absolute Gasteiger partial charge is 0.127 e. The predicted octanol–water partition coefficient (Wildman–Crippen LogP) is 4.30. The van der Waals surface area contributed by atoms with Crippen LogP contribution in [0.2, 0.25) is 0 Å². The molecule has 5 rings (SSSR count). The Labute approximate surface area is 177 Å². The van der Waals surface area contributed by atoms with Crippen LogP contribution < -0.4 is 21.1 Å². The van der Waals surface area contributed by atoms with Gasteiger partial charge in [-0.1, -0.05) is 18.2 Å². The van der Waals surface area contributed by atoms with Gasteiger partial charge in [-0.15, -0.1) is 0 Å². The molecule has 5 heteroatoms. The van der Waals surface area contributed by atoms with Crippen molar-refractivity contribution in [2.24, 2.45) is 11.7 Å². The van der Waals surface area contributed by atoms with Crippen molar-refractivity contribution in [3.63, 3.8) is 0 Å². The normalized spacial score (nSPS) is 20.9. The first-order valence-electron chi connectivity index (χ1n) is 10.5. The van der Waals surface area contributed by atoms with Crippen molar-refractivity contribution >= 4 is 11.4 Å². The van der Waals surface area contributed by atoms with Gasteiger partial charge in [-0.05, 0) is 73.3 Å². The van der Waals surface area contributed by atoms with Crippen LogP contribution in [0.4, 0.5) is 0 Å². The van der Waals surface area contributed by atoms with Crippen LogP contribution in [0.25, 0.3) is 11.4 Å². The molecule has 0 aliphatic carbocycles. The van der Waals surface area contributed by atoms with Crippen molar-refractivity contribution in [1.29, 1.82) is 0 Å². The van der Waals surface area contributed by atoms with Gasteiger partial charge in [0.2, 0.25) is 0 Å². The number of para-hydroxylation sites is 1. The highest BCUT2D eigenvalue weighted by atomic mass is 16.5. The summed E-state index contributed by atoms with van der Waals surface area (Å²) >= 11 is 0. The minimum absolute atomic E-state index is 0.221. The van der Waals surface area contributed by atoms with E-state index in [0.717, 1.165) is 47.1 Å². The molecule has 1 fully saturated rings. The second-order valence-corrected chi connectivity index (χ2v) is 7.92. The molecule has 1 aromatic heterocycles. The van der Waals surface area contributed by atoms with Crippen LogP contribution in [-0.2, 0) is 0 Å². The van der Waals surface area contributed by atoms with Crippen molar-refractivity contribution in [2.75, 3.05) is 13.1 Å². The molecule has 0 amide bonds. The third-order valence-electron chi connectivity index (χ3n) is 5.98. The number of piperidine rings is 1. The molecule has 0 saturated carbocycles. The zero-order valence-corrected chi connectivity index (χ0v) is 16.8. The predicted molar refractivity (Wildman–Crippen MR) is 120 cm³/mol. The van der Waals surface area contributed by atoms with E-state index >= 15 is 0 Å². The molecule has 3 heterocycles. The maximum atomic E-state index is 6.61. The average molecular weight is 399 g/mol. The van der Waals surface area contributed by atoms with Crippen molar-refractivity contribution in [1.82, 2.24) is 15.6 Å². The number of benzene rings is 2. The molecule has 3 aromatic rings. The van der Waals surface area contributed by atoms with Gasteiger partial charge in [-0.2, -0.15) is 0 Å². The number of nitrogens with one attached hydrogen (secondary N) is 2. The number of pyridine rings is 1. The standard InChI is InChI=1S/C25H26N4O/c26-23-22-16-28-14-12-21(22)24(18-5-4-13-27-15-18)29-25(23)17-8-10-20(11-9-17)30-19-6-2-1-3-7-19/h1-3,6-12,14,16,18,24,27,29H,4-5,13,15,26H2/t18?,24-/m1/s1. The summed E-state index contributed by atoms with van der Waals surface area (Å²) in [6.07, 6.45) is 6.15. The number of rotatable bonds is 4. The van der Waals surface area contributed by atoms with E-state index in [1.165, 1.54) is 18.4 Å². The number of aromatic nitrogens is 1. The van der Waals surface area contributed by atoms with Crippen LogP contribution in [0.1, 0.15) is 35.6 Å². The van der Waals surface area contributed by atoms with Crippen LogP contribution >= 0.6 is 0 Å². The molecule has 2 aliphatic rings. The zero-order valence-electron chi connectivity index (χ0n) is 16.8. The van der Waals surface area contributed by atoms with Gasteiger partial charge in [0, 0.05) is 30.1 Å². The Morgan fingerprint density at radius 3 is 2.53 bits per heavy atom. The molecule has 2 aliphatic heterocycles. The molecule has 0 radical (unpaired) electrons. The van der Waals surface area contributed by atoms with E-state index in [2.05, 4.69) is 33.8 Å². The van der Waals surface area contributed by atoms with E-state index in [1.807, 2.05) is 54.9 Å². The highest BCUT2D eigenvalue weighted by Gasteiger charge is 2.32. The van der Waals surface area contributed by atoms with E-state index in [-0.39, 0.29) is 6.04 Å². The summed E-state index contributed by atoms with van der Waals surface area (Å²) in [5, 5.41) is 7.30. The third kappa shape index (κ3) is 3.64. The molecule has 1 saturated heterocycles. The van der Waals surface area contributed by atoms with Crippen molar-refractivity contribution in [2.45, 2.75) is 18.9 Å². The Morgan fingerprint density at radius 2 is 1.77 bits per heavy atom. The van der Waals surface area contributed by atoms with Crippen LogP contribution in [0.5, 0.6) is 11.5 Å². The summed E-state index contributed by atoms with van der Waals surface area (Å²) < 4.78 is 5.93. The number of nitrogens with zero attached hydrogens (tertiary/aromatic N) is 1. The molecule has 2 aromatic carbocycles. The quantitative estimate of drug-likeness (QED) is 0.611. The van der Waals surface area contributed by atoms with Gasteiger partial charge in [0.1, 0.15) is 11.5 Å². The van der Waals surface area contributed by atoms with E-state index in [0.29, 0.717) is 5.92 Å². The highest BCUT2D eigenvalue weighted by molar-refractivity contribution is 5.91. The fourth-order valence-corrected chi connectivity index (χ4v) is 4.44. The molecule has 0 bridgehead atoms. The van der Waals surface area contributed by atoms with Crippen LogP contribution in [0.3, 0.4) is 0 Å². The van der Waals surface area contributed by atoms with Crippen molar-refractivity contribution in [3.8, 4) is 11.5 Å². The maximum absolute atomic E-state index is 6.61. The second kappa shape index (κ2) is 8.20. The average Bonchev–Trinajstić information content (AvgIpc) is 2.81. The molecular weight excluding hydrogens is 372 g/mol. The first-order valence-corrected chi connectivity index (χ1v) is 10.5. The highest BCUT2D eigenvalue weighted by Crippen LogP contribution is 2.39. The summed E-state index contributed by atoms with van der Waals surface area (Å²) in [6, 6.07) is 20.2. The Kier molecular flexibility index (Phi) is 5.11. The first-order chi connectivity index (χ1) is 14.8. The van der Waals surface area contributed by atoms with E-state index in [1.54, 1.807) is 0 Å². The largest absolute Gasteiger partial charge is 0.457 e. The SMILES string of the molecule is NC1=C(c2ccc(Oc3ccccc3)cc2)N[C@H](C2CCCNC2)c2ccncc21. The van der Waals surface area contributed by atoms with Gasteiger partial charge in [-0.25, -0.2) is 0 Å². The lowest BCUT2D eigenvalue weighted by atomic mass is 9.82. The van der Waals surface area contributed by atoms with Crippen LogP contribution in [-0.4, -0.2) is 18.1 Å². The summed E-state index contributed by atoms with van der Waals surface area (Å²) in [5.41, 5.74) is 11.6. The van der Waals surface area contributed by atoms with Crippen molar-refractivity contribution < 1.29 is 4.74 Å². The summed E-state index contributed by atoms with van der Waals surface area (Å²) in [7, 11) is 0. The Bertz CT molecular complexity index is 1040. The Morgan fingerprint density at radius 1 is 0.967 bits per heavy atom. The molecule has 30 heavy (non-hydrogen) atoms. The molecule has 5 nitrogen and oxygen atoms in total. The van der Waals surface area contributed by atoms with Crippen LogP contribution in [0, 0.1) is 5.92 Å². The molecule has 152 valence electrons. The molecule has 0 spiro atoms. The monoisotopic (exact) mass is 398 g/mol. The Balaban J connectivity index is 1.45. The summed E-state index contributed by atoms with van der Waals surface area (Å²) in [4.78, 5) is 4.34. The fourth-order valence-electron chi connectivity index (χ4n) is 4.44. The van der Waals surface area contributed by atoms with Crippen molar-refractivity contribution in [3.05, 3.63) is 89.7 Å². The van der Waals surface area contributed by atoms with Gasteiger partial charge in [0.05, 0.1) is 17.4 Å². The molecule has 4 N–H and O–H groups in total. The number of fused-ring (bicyclic) bond motifs is 1. The first kappa shape index (κ1) is 18.7. The number of hydrogen-bond acceptors (Lipinski definition) is 5. The van der Waals surface area contributed by atoms with Gasteiger partial charge in [-0.3, -0.25) is 4.98 Å². The van der Waals surface area contributed by atoms with Gasteiger partial charge in [0.15, 0.2) is 0 Å². The molecule has 1 unspecified atom stereocenters. The van der Waals surface area contributed by atoms with Gasteiger partial charge >= 0.3 is 0 Å². The second-order valence-electron chi connectivity index (χ2n) is 7.92. The van der Waals surface area contributed by atoms with E-state index in [9.17, 15) is 0 Å². The maximum Gasteiger partial charge on any atom is 0.127 e. The minimum Gasteiger partial charge on any atom is -0.457 e.